The van der Waals surface area contributed by atoms with Crippen molar-refractivity contribution in [1.82, 2.24) is 9.88 Å². The zero-order chi connectivity index (χ0) is 12.3. The van der Waals surface area contributed by atoms with Crippen molar-refractivity contribution in [1.29, 1.82) is 0 Å². The summed E-state index contributed by atoms with van der Waals surface area (Å²) in [6, 6.07) is 11.8. The molecule has 17 heavy (non-hydrogen) atoms. The van der Waals surface area contributed by atoms with Crippen LogP contribution in [0.1, 0.15) is 10.4 Å². The molecule has 0 spiro atoms. The van der Waals surface area contributed by atoms with Crippen LogP contribution in [0.25, 0.3) is 11.1 Å². The third kappa shape index (κ3) is 2.50. The van der Waals surface area contributed by atoms with E-state index in [1.165, 1.54) is 0 Å². The summed E-state index contributed by atoms with van der Waals surface area (Å²) in [4.78, 5) is 17.5. The van der Waals surface area contributed by atoms with Crippen molar-refractivity contribution >= 4 is 5.91 Å². The van der Waals surface area contributed by atoms with Crippen LogP contribution >= 0.6 is 0 Å². The summed E-state index contributed by atoms with van der Waals surface area (Å²) in [5.41, 5.74) is 2.63. The minimum absolute atomic E-state index is 0.0321. The number of nitrogens with zero attached hydrogens (tertiary/aromatic N) is 2. The highest BCUT2D eigenvalue weighted by Gasteiger charge is 2.09. The van der Waals surface area contributed by atoms with Crippen LogP contribution in [0.5, 0.6) is 0 Å². The summed E-state index contributed by atoms with van der Waals surface area (Å²) in [5, 5.41) is 0. The van der Waals surface area contributed by atoms with E-state index < -0.39 is 0 Å². The van der Waals surface area contributed by atoms with Crippen LogP contribution in [0, 0.1) is 0 Å². The van der Waals surface area contributed by atoms with Crippen LogP contribution in [0.4, 0.5) is 0 Å². The Hall–Kier alpha value is -2.16. The third-order valence-corrected chi connectivity index (χ3v) is 2.50. The van der Waals surface area contributed by atoms with Crippen molar-refractivity contribution < 1.29 is 4.79 Å². The van der Waals surface area contributed by atoms with Crippen molar-refractivity contribution in [3.05, 3.63) is 54.4 Å². The van der Waals surface area contributed by atoms with Crippen molar-refractivity contribution in [3.63, 3.8) is 0 Å². The number of hydrogen-bond acceptors (Lipinski definition) is 2. The van der Waals surface area contributed by atoms with E-state index in [0.717, 1.165) is 11.1 Å². The predicted molar refractivity (Wildman–Crippen MR) is 67.7 cm³/mol. The third-order valence-electron chi connectivity index (χ3n) is 2.50. The summed E-state index contributed by atoms with van der Waals surface area (Å²) >= 11 is 0. The standard InChI is InChI=1S/C14H14N2O/c1-16(2)14(17)13-8-12(9-15-10-13)11-6-4-3-5-7-11/h3-10H,1-2H3. The lowest BCUT2D eigenvalue weighted by molar-refractivity contribution is 0.0827. The van der Waals surface area contributed by atoms with E-state index in [2.05, 4.69) is 4.98 Å². The second-order valence-electron chi connectivity index (χ2n) is 4.03. The van der Waals surface area contributed by atoms with Gasteiger partial charge in [-0.05, 0) is 11.6 Å². The fraction of sp³-hybridized carbons (Fsp3) is 0.143. The van der Waals surface area contributed by atoms with Crippen LogP contribution < -0.4 is 0 Å². The first-order chi connectivity index (χ1) is 8.18. The molecule has 1 heterocycles. The normalized spacial score (nSPS) is 10.0. The molecule has 0 unspecified atom stereocenters. The second-order valence-corrected chi connectivity index (χ2v) is 4.03. The molecule has 1 aromatic heterocycles. The van der Waals surface area contributed by atoms with Gasteiger partial charge in [-0.2, -0.15) is 0 Å². The largest absolute Gasteiger partial charge is 0.345 e. The Balaban J connectivity index is 2.39. The lowest BCUT2D eigenvalue weighted by Crippen LogP contribution is -2.21. The average molecular weight is 226 g/mol. The Morgan fingerprint density at radius 2 is 1.76 bits per heavy atom. The van der Waals surface area contributed by atoms with Gasteiger partial charge < -0.3 is 4.90 Å². The van der Waals surface area contributed by atoms with Crippen molar-refractivity contribution in [2.45, 2.75) is 0 Å². The number of benzene rings is 1. The van der Waals surface area contributed by atoms with Gasteiger partial charge in [-0.3, -0.25) is 9.78 Å². The van der Waals surface area contributed by atoms with E-state index in [9.17, 15) is 4.79 Å². The molecule has 1 amide bonds. The smallest absolute Gasteiger partial charge is 0.254 e. The molecular formula is C14H14N2O. The highest BCUT2D eigenvalue weighted by atomic mass is 16.2. The number of carbonyl (C=O) groups is 1. The molecule has 86 valence electrons. The maximum absolute atomic E-state index is 11.8. The lowest BCUT2D eigenvalue weighted by Gasteiger charge is -2.10. The molecule has 0 bridgehead atoms. The molecule has 0 atom stereocenters. The van der Waals surface area contributed by atoms with Gasteiger partial charge in [0.05, 0.1) is 5.56 Å². The van der Waals surface area contributed by atoms with E-state index >= 15 is 0 Å². The summed E-state index contributed by atoms with van der Waals surface area (Å²) in [6.07, 6.45) is 3.36. The average Bonchev–Trinajstić information content (AvgIpc) is 2.39. The monoisotopic (exact) mass is 226 g/mol. The van der Waals surface area contributed by atoms with Crippen LogP contribution in [-0.4, -0.2) is 29.9 Å². The minimum Gasteiger partial charge on any atom is -0.345 e. The fourth-order valence-electron chi connectivity index (χ4n) is 1.60. The van der Waals surface area contributed by atoms with Gasteiger partial charge in [-0.1, -0.05) is 30.3 Å². The molecule has 0 aliphatic rings. The molecule has 0 aliphatic heterocycles. The van der Waals surface area contributed by atoms with Gasteiger partial charge in [0.1, 0.15) is 0 Å². The lowest BCUT2D eigenvalue weighted by atomic mass is 10.1. The van der Waals surface area contributed by atoms with Crippen molar-refractivity contribution in [2.75, 3.05) is 14.1 Å². The van der Waals surface area contributed by atoms with Gasteiger partial charge in [-0.15, -0.1) is 0 Å². The predicted octanol–water partition coefficient (Wildman–Crippen LogP) is 2.45. The number of rotatable bonds is 2. The van der Waals surface area contributed by atoms with Gasteiger partial charge in [-0.25, -0.2) is 0 Å². The number of amides is 1. The summed E-state index contributed by atoms with van der Waals surface area (Å²) in [5.74, 6) is -0.0321. The van der Waals surface area contributed by atoms with Gasteiger partial charge in [0.2, 0.25) is 0 Å². The van der Waals surface area contributed by atoms with Crippen LogP contribution in [0.2, 0.25) is 0 Å². The van der Waals surface area contributed by atoms with E-state index in [-0.39, 0.29) is 5.91 Å². The van der Waals surface area contributed by atoms with Gasteiger partial charge in [0, 0.05) is 32.1 Å². The zero-order valence-corrected chi connectivity index (χ0v) is 9.92. The Morgan fingerprint density at radius 1 is 1.06 bits per heavy atom. The maximum atomic E-state index is 11.8. The molecular weight excluding hydrogens is 212 g/mol. The van der Waals surface area contributed by atoms with Gasteiger partial charge in [0.25, 0.3) is 5.91 Å². The molecule has 0 fully saturated rings. The first-order valence-electron chi connectivity index (χ1n) is 5.40. The molecule has 0 saturated heterocycles. The molecule has 0 saturated carbocycles. The summed E-state index contributed by atoms with van der Waals surface area (Å²) in [7, 11) is 3.47. The molecule has 2 aromatic rings. The summed E-state index contributed by atoms with van der Waals surface area (Å²) < 4.78 is 0. The quantitative estimate of drug-likeness (QED) is 0.788. The number of pyridine rings is 1. The van der Waals surface area contributed by atoms with Crippen LogP contribution in [0.15, 0.2) is 48.8 Å². The second kappa shape index (κ2) is 4.78. The topological polar surface area (TPSA) is 33.2 Å². The molecule has 0 N–H and O–H groups in total. The van der Waals surface area contributed by atoms with Gasteiger partial charge in [0.15, 0.2) is 0 Å². The Bertz CT molecular complexity index is 521. The zero-order valence-electron chi connectivity index (χ0n) is 9.92. The van der Waals surface area contributed by atoms with Crippen LogP contribution in [0.3, 0.4) is 0 Å². The Labute approximate surface area is 101 Å². The molecule has 0 aliphatic carbocycles. The number of carbonyl (C=O) groups excluding carboxylic acids is 1. The first-order valence-corrected chi connectivity index (χ1v) is 5.40. The van der Waals surface area contributed by atoms with Crippen LogP contribution in [-0.2, 0) is 0 Å². The molecule has 0 radical (unpaired) electrons. The highest BCUT2D eigenvalue weighted by molar-refractivity contribution is 5.94. The van der Waals surface area contributed by atoms with Crippen molar-refractivity contribution in [2.24, 2.45) is 0 Å². The van der Waals surface area contributed by atoms with Crippen molar-refractivity contribution in [3.8, 4) is 11.1 Å². The summed E-state index contributed by atoms with van der Waals surface area (Å²) in [6.45, 7) is 0. The molecule has 1 aromatic carbocycles. The number of aromatic nitrogens is 1. The molecule has 3 nitrogen and oxygen atoms in total. The van der Waals surface area contributed by atoms with E-state index in [0.29, 0.717) is 5.56 Å². The molecule has 3 heteroatoms. The minimum atomic E-state index is -0.0321. The van der Waals surface area contributed by atoms with E-state index in [1.807, 2.05) is 36.4 Å². The fourth-order valence-corrected chi connectivity index (χ4v) is 1.60. The Kier molecular flexibility index (Phi) is 3.19. The maximum Gasteiger partial charge on any atom is 0.254 e. The van der Waals surface area contributed by atoms with E-state index in [1.54, 1.807) is 31.4 Å². The Morgan fingerprint density at radius 3 is 2.41 bits per heavy atom. The highest BCUT2D eigenvalue weighted by Crippen LogP contribution is 2.19. The first kappa shape index (κ1) is 11.3. The van der Waals surface area contributed by atoms with E-state index in [4.69, 9.17) is 0 Å². The molecule has 2 rings (SSSR count). The van der Waals surface area contributed by atoms with Gasteiger partial charge >= 0.3 is 0 Å². The number of hydrogen-bond donors (Lipinski definition) is 0. The SMILES string of the molecule is CN(C)C(=O)c1cncc(-c2ccccc2)c1.